The van der Waals surface area contributed by atoms with Crippen LogP contribution in [-0.2, 0) is 11.3 Å². The number of amides is 1. The van der Waals surface area contributed by atoms with Crippen LogP contribution in [0.25, 0.3) is 11.4 Å². The molecule has 8 heteroatoms. The summed E-state index contributed by atoms with van der Waals surface area (Å²) in [5.41, 5.74) is 1.82. The Bertz CT molecular complexity index is 1020. The van der Waals surface area contributed by atoms with Gasteiger partial charge in [-0.25, -0.2) is 4.39 Å². The van der Waals surface area contributed by atoms with Gasteiger partial charge in [-0.15, -0.1) is 16.8 Å². The van der Waals surface area contributed by atoms with Gasteiger partial charge in [0.2, 0.25) is 5.91 Å². The molecule has 3 rings (SSSR count). The summed E-state index contributed by atoms with van der Waals surface area (Å²) in [4.78, 5) is 12.2. The number of carbonyl (C=O) groups excluding carboxylic acids is 1. The van der Waals surface area contributed by atoms with Gasteiger partial charge in [-0.3, -0.25) is 9.36 Å². The lowest BCUT2D eigenvalue weighted by Gasteiger charge is -2.09. The molecule has 0 radical (unpaired) electrons. The molecule has 3 aromatic rings. The lowest BCUT2D eigenvalue weighted by molar-refractivity contribution is -0.113. The number of anilines is 1. The summed E-state index contributed by atoms with van der Waals surface area (Å²) < 4.78 is 21.0. The van der Waals surface area contributed by atoms with Gasteiger partial charge in [-0.05, 0) is 48.9 Å². The summed E-state index contributed by atoms with van der Waals surface area (Å²) in [6.07, 6.45) is 1.74. The number of aryl methyl sites for hydroxylation is 1. The minimum atomic E-state index is -0.458. The zero-order valence-corrected chi connectivity index (χ0v) is 17.0. The minimum absolute atomic E-state index is 0.0746. The minimum Gasteiger partial charge on any atom is -0.497 e. The van der Waals surface area contributed by atoms with Crippen molar-refractivity contribution in [2.24, 2.45) is 0 Å². The maximum Gasteiger partial charge on any atom is 0.234 e. The second kappa shape index (κ2) is 9.38. The molecule has 0 aliphatic rings. The fraction of sp³-hybridized carbons (Fsp3) is 0.190. The Morgan fingerprint density at radius 2 is 2.03 bits per heavy atom. The Balaban J connectivity index is 1.72. The lowest BCUT2D eigenvalue weighted by atomic mass is 10.2. The molecule has 0 atom stereocenters. The highest BCUT2D eigenvalue weighted by Gasteiger charge is 2.16. The Labute approximate surface area is 172 Å². The zero-order chi connectivity index (χ0) is 20.8. The van der Waals surface area contributed by atoms with Gasteiger partial charge in [0.15, 0.2) is 11.0 Å². The van der Waals surface area contributed by atoms with Crippen molar-refractivity contribution in [3.63, 3.8) is 0 Å². The molecule has 2 aromatic carbocycles. The highest BCUT2D eigenvalue weighted by atomic mass is 32.2. The van der Waals surface area contributed by atoms with Crippen molar-refractivity contribution in [1.82, 2.24) is 14.8 Å². The van der Waals surface area contributed by atoms with Crippen molar-refractivity contribution < 1.29 is 13.9 Å². The second-order valence-corrected chi connectivity index (χ2v) is 7.20. The van der Waals surface area contributed by atoms with Gasteiger partial charge in [-0.2, -0.15) is 0 Å². The molecule has 0 fully saturated rings. The molecule has 0 spiro atoms. The van der Waals surface area contributed by atoms with Gasteiger partial charge < -0.3 is 10.1 Å². The van der Waals surface area contributed by atoms with E-state index in [1.165, 1.54) is 17.8 Å². The first-order chi connectivity index (χ1) is 14.0. The van der Waals surface area contributed by atoms with E-state index >= 15 is 0 Å². The van der Waals surface area contributed by atoms with Crippen LogP contribution in [0.1, 0.15) is 5.56 Å². The topological polar surface area (TPSA) is 69.0 Å². The third kappa shape index (κ3) is 5.03. The van der Waals surface area contributed by atoms with Crippen molar-refractivity contribution in [3.8, 4) is 17.1 Å². The largest absolute Gasteiger partial charge is 0.497 e. The first-order valence-corrected chi connectivity index (χ1v) is 9.87. The van der Waals surface area contributed by atoms with E-state index in [1.54, 1.807) is 32.2 Å². The summed E-state index contributed by atoms with van der Waals surface area (Å²) in [6.45, 7) is 6.06. The number of hydrogen-bond acceptors (Lipinski definition) is 5. The van der Waals surface area contributed by atoms with Gasteiger partial charge in [0.05, 0.1) is 18.6 Å². The van der Waals surface area contributed by atoms with E-state index in [0.717, 1.165) is 16.9 Å². The first-order valence-electron chi connectivity index (χ1n) is 8.89. The number of aromatic nitrogens is 3. The van der Waals surface area contributed by atoms with Crippen molar-refractivity contribution >= 4 is 23.4 Å². The number of ether oxygens (including phenoxy) is 1. The zero-order valence-electron chi connectivity index (χ0n) is 16.2. The summed E-state index contributed by atoms with van der Waals surface area (Å²) in [5, 5.41) is 11.6. The molecule has 0 saturated heterocycles. The molecule has 1 aromatic heterocycles. The van der Waals surface area contributed by atoms with Crippen LogP contribution in [0, 0.1) is 12.7 Å². The second-order valence-electron chi connectivity index (χ2n) is 6.25. The standard InChI is InChI=1S/C21H21FN4O2S/c1-4-11-26-20(15-6-8-16(28-3)9-7-15)24-25-21(26)29-13-19(27)23-18-10-5-14(2)12-17(18)22/h4-10,12H,1,11,13H2,2-3H3,(H,23,27). The molecule has 1 amide bonds. The van der Waals surface area contributed by atoms with Crippen molar-refractivity contribution in [2.75, 3.05) is 18.2 Å². The number of carbonyl (C=O) groups is 1. The van der Waals surface area contributed by atoms with Gasteiger partial charge in [0, 0.05) is 12.1 Å². The van der Waals surface area contributed by atoms with Crippen LogP contribution in [0.2, 0.25) is 0 Å². The fourth-order valence-corrected chi connectivity index (χ4v) is 3.43. The lowest BCUT2D eigenvalue weighted by Crippen LogP contribution is -2.15. The Kier molecular flexibility index (Phi) is 6.66. The van der Waals surface area contributed by atoms with Crippen molar-refractivity contribution in [2.45, 2.75) is 18.6 Å². The van der Waals surface area contributed by atoms with E-state index in [-0.39, 0.29) is 17.3 Å². The SMILES string of the molecule is C=CCn1c(SCC(=O)Nc2ccc(C)cc2F)nnc1-c1ccc(OC)cc1. The van der Waals surface area contributed by atoms with E-state index in [4.69, 9.17) is 4.74 Å². The average molecular weight is 412 g/mol. The molecule has 0 unspecified atom stereocenters. The summed E-state index contributed by atoms with van der Waals surface area (Å²) in [7, 11) is 1.61. The number of rotatable bonds is 8. The molecule has 1 N–H and O–H groups in total. The van der Waals surface area contributed by atoms with Crippen LogP contribution in [0.5, 0.6) is 5.75 Å². The van der Waals surface area contributed by atoms with E-state index in [1.807, 2.05) is 28.8 Å². The van der Waals surface area contributed by atoms with Gasteiger partial charge in [0.25, 0.3) is 0 Å². The molecule has 0 aliphatic carbocycles. The van der Waals surface area contributed by atoms with Crippen molar-refractivity contribution in [1.29, 1.82) is 0 Å². The monoisotopic (exact) mass is 412 g/mol. The summed E-state index contributed by atoms with van der Waals surface area (Å²) in [6, 6.07) is 12.2. The van der Waals surface area contributed by atoms with Crippen molar-refractivity contribution in [3.05, 3.63) is 66.5 Å². The molecular formula is C21H21FN4O2S. The average Bonchev–Trinajstić information content (AvgIpc) is 3.11. The van der Waals surface area contributed by atoms with E-state index in [0.29, 0.717) is 17.5 Å². The molecule has 150 valence electrons. The smallest absolute Gasteiger partial charge is 0.234 e. The number of nitrogens with zero attached hydrogens (tertiary/aromatic N) is 3. The normalized spacial score (nSPS) is 10.6. The summed E-state index contributed by atoms with van der Waals surface area (Å²) in [5.74, 6) is 0.709. The maximum atomic E-state index is 13.9. The van der Waals surface area contributed by atoms with Gasteiger partial charge in [0.1, 0.15) is 11.6 Å². The molecule has 6 nitrogen and oxygen atoms in total. The first kappa shape index (κ1) is 20.6. The Morgan fingerprint density at radius 3 is 2.69 bits per heavy atom. The van der Waals surface area contributed by atoms with E-state index < -0.39 is 5.82 Å². The van der Waals surface area contributed by atoms with Gasteiger partial charge >= 0.3 is 0 Å². The number of benzene rings is 2. The number of allylic oxidation sites excluding steroid dienone is 1. The van der Waals surface area contributed by atoms with Crippen LogP contribution >= 0.6 is 11.8 Å². The Hall–Kier alpha value is -3.13. The molecule has 0 bridgehead atoms. The fourth-order valence-electron chi connectivity index (χ4n) is 2.68. The number of thioether (sulfide) groups is 1. The highest BCUT2D eigenvalue weighted by Crippen LogP contribution is 2.26. The molecule has 0 saturated carbocycles. The van der Waals surface area contributed by atoms with Crippen LogP contribution in [0.3, 0.4) is 0 Å². The number of hydrogen-bond donors (Lipinski definition) is 1. The number of nitrogens with one attached hydrogen (secondary N) is 1. The quantitative estimate of drug-likeness (QED) is 0.441. The summed E-state index contributed by atoms with van der Waals surface area (Å²) >= 11 is 1.23. The number of methoxy groups -OCH3 is 1. The Morgan fingerprint density at radius 1 is 1.28 bits per heavy atom. The third-order valence-electron chi connectivity index (χ3n) is 4.11. The van der Waals surface area contributed by atoms with E-state index in [2.05, 4.69) is 22.1 Å². The molecule has 29 heavy (non-hydrogen) atoms. The number of halogens is 1. The molecule has 0 aliphatic heterocycles. The van der Waals surface area contributed by atoms with Crippen LogP contribution in [0.4, 0.5) is 10.1 Å². The van der Waals surface area contributed by atoms with Crippen LogP contribution in [0.15, 0.2) is 60.3 Å². The van der Waals surface area contributed by atoms with Crippen LogP contribution in [-0.4, -0.2) is 33.5 Å². The van der Waals surface area contributed by atoms with E-state index in [9.17, 15) is 9.18 Å². The van der Waals surface area contributed by atoms with Gasteiger partial charge in [-0.1, -0.05) is 23.9 Å². The highest BCUT2D eigenvalue weighted by molar-refractivity contribution is 7.99. The maximum absolute atomic E-state index is 13.9. The third-order valence-corrected chi connectivity index (χ3v) is 5.07. The molecular weight excluding hydrogens is 391 g/mol. The predicted octanol–water partition coefficient (Wildman–Crippen LogP) is 4.32. The molecule has 1 heterocycles. The van der Waals surface area contributed by atoms with Crippen LogP contribution < -0.4 is 10.1 Å². The predicted molar refractivity (Wildman–Crippen MR) is 113 cm³/mol.